The van der Waals surface area contributed by atoms with Gasteiger partial charge in [0.25, 0.3) is 0 Å². The summed E-state index contributed by atoms with van der Waals surface area (Å²) in [7, 11) is 0.379. The second-order valence-electron chi connectivity index (χ2n) is 9.01. The lowest BCUT2D eigenvalue weighted by Crippen LogP contribution is -2.55. The van der Waals surface area contributed by atoms with Gasteiger partial charge in [-0.05, 0) is 39.5 Å². The third-order valence-electron chi connectivity index (χ3n) is 5.80. The quantitative estimate of drug-likeness (QED) is 0.678. The molecule has 1 saturated heterocycles. The van der Waals surface area contributed by atoms with Gasteiger partial charge in [0, 0.05) is 43.7 Å². The lowest BCUT2D eigenvalue weighted by atomic mass is 10.00. The van der Waals surface area contributed by atoms with E-state index in [1.807, 2.05) is 30.6 Å². The molecular formula is C19H27N5O4S. The summed E-state index contributed by atoms with van der Waals surface area (Å²) in [6, 6.07) is 0.0488. The first-order valence-corrected chi connectivity index (χ1v) is 11.3. The van der Waals surface area contributed by atoms with Crippen molar-refractivity contribution >= 4 is 28.7 Å². The number of ether oxygens (including phenoxy) is 1. The fourth-order valence-electron chi connectivity index (χ4n) is 4.57. The Bertz CT molecular complexity index is 886. The molecule has 0 aromatic carbocycles. The highest BCUT2D eigenvalue weighted by molar-refractivity contribution is 7.84. The van der Waals surface area contributed by atoms with Crippen LogP contribution in [0.1, 0.15) is 39.2 Å². The Morgan fingerprint density at radius 2 is 2.03 bits per heavy atom. The van der Waals surface area contributed by atoms with E-state index in [0.29, 0.717) is 18.9 Å². The zero-order valence-corrected chi connectivity index (χ0v) is 18.2. The molecule has 2 fully saturated rings. The molecule has 3 aliphatic rings. The first-order valence-electron chi connectivity index (χ1n) is 9.78. The number of urea groups is 1. The SMILES string of the molecule is CN1C(=O)N(C2CC3CC2CN3C(=O)OC(C)(C)C)Cc2cnc(S(C)=O)nc21. The highest BCUT2D eigenvalue weighted by Gasteiger charge is 2.51. The number of rotatable bonds is 2. The van der Waals surface area contributed by atoms with Crippen LogP contribution in [0.3, 0.4) is 0 Å². The van der Waals surface area contributed by atoms with Gasteiger partial charge in [-0.2, -0.15) is 0 Å². The summed E-state index contributed by atoms with van der Waals surface area (Å²) >= 11 is 0. The maximum absolute atomic E-state index is 13.0. The Kier molecular flexibility index (Phi) is 4.79. The Labute approximate surface area is 172 Å². The van der Waals surface area contributed by atoms with Crippen molar-refractivity contribution in [3.05, 3.63) is 11.8 Å². The van der Waals surface area contributed by atoms with Crippen LogP contribution in [0.5, 0.6) is 0 Å². The summed E-state index contributed by atoms with van der Waals surface area (Å²) in [5, 5.41) is 0.227. The molecule has 29 heavy (non-hydrogen) atoms. The van der Waals surface area contributed by atoms with E-state index in [2.05, 4.69) is 9.97 Å². The van der Waals surface area contributed by atoms with E-state index in [1.165, 1.54) is 11.2 Å². The monoisotopic (exact) mass is 421 g/mol. The van der Waals surface area contributed by atoms with Crippen LogP contribution < -0.4 is 4.90 Å². The van der Waals surface area contributed by atoms with Crippen LogP contribution >= 0.6 is 0 Å². The molecule has 4 rings (SSSR count). The standard InChI is InChI=1S/C19H27N5O4S/c1-19(2,3)28-18(26)23-9-11-6-13(23)7-14(11)24-10-12-8-20-16(29(5)27)21-15(12)22(4)17(24)25/h8,11,13-14H,6-7,9-10H2,1-5H3. The molecule has 2 bridgehead atoms. The molecule has 1 saturated carbocycles. The predicted molar refractivity (Wildman–Crippen MR) is 107 cm³/mol. The lowest BCUT2D eigenvalue weighted by molar-refractivity contribution is 0.0140. The first kappa shape index (κ1) is 20.1. The van der Waals surface area contributed by atoms with Crippen LogP contribution in [0, 0.1) is 5.92 Å². The van der Waals surface area contributed by atoms with Crippen molar-refractivity contribution in [1.82, 2.24) is 19.8 Å². The zero-order valence-electron chi connectivity index (χ0n) is 17.4. The van der Waals surface area contributed by atoms with E-state index in [9.17, 15) is 13.8 Å². The molecule has 3 heterocycles. The maximum atomic E-state index is 13.0. The highest BCUT2D eigenvalue weighted by atomic mass is 32.2. The van der Waals surface area contributed by atoms with Gasteiger partial charge in [0.05, 0.1) is 17.3 Å². The average Bonchev–Trinajstić information content (AvgIpc) is 3.23. The number of aromatic nitrogens is 2. The maximum Gasteiger partial charge on any atom is 0.410 e. The number of piperidine rings is 1. The molecule has 0 radical (unpaired) electrons. The number of hydrogen-bond acceptors (Lipinski definition) is 6. The third-order valence-corrected chi connectivity index (χ3v) is 6.51. The van der Waals surface area contributed by atoms with Crippen LogP contribution in [0.4, 0.5) is 15.4 Å². The van der Waals surface area contributed by atoms with Crippen molar-refractivity contribution in [2.75, 3.05) is 24.7 Å². The number of anilines is 1. The number of carbonyl (C=O) groups excluding carboxylic acids is 2. The topological polar surface area (TPSA) is 95.9 Å². The van der Waals surface area contributed by atoms with Crippen molar-refractivity contribution < 1.29 is 18.5 Å². The summed E-state index contributed by atoms with van der Waals surface area (Å²) in [6.45, 7) is 6.63. The van der Waals surface area contributed by atoms with Crippen LogP contribution in [0.25, 0.3) is 0 Å². The molecule has 1 aliphatic carbocycles. The molecule has 10 heteroatoms. The molecular weight excluding hydrogens is 394 g/mol. The molecule has 1 aromatic heterocycles. The van der Waals surface area contributed by atoms with Gasteiger partial charge in [0.15, 0.2) is 0 Å². The van der Waals surface area contributed by atoms with Crippen LogP contribution in [0.2, 0.25) is 0 Å². The minimum absolute atomic E-state index is 0.0711. The van der Waals surface area contributed by atoms with Gasteiger partial charge < -0.3 is 14.5 Å². The molecule has 4 atom stereocenters. The average molecular weight is 422 g/mol. The highest BCUT2D eigenvalue weighted by Crippen LogP contribution is 2.43. The second-order valence-corrected chi connectivity index (χ2v) is 10.3. The zero-order chi connectivity index (χ0) is 21.1. The summed E-state index contributed by atoms with van der Waals surface area (Å²) in [6.07, 6.45) is 4.54. The number of carbonyl (C=O) groups is 2. The van der Waals surface area contributed by atoms with E-state index in [-0.39, 0.29) is 35.3 Å². The summed E-state index contributed by atoms with van der Waals surface area (Å²) in [4.78, 5) is 39.2. The Morgan fingerprint density at radius 1 is 1.31 bits per heavy atom. The van der Waals surface area contributed by atoms with Gasteiger partial charge in [-0.3, -0.25) is 9.11 Å². The fourth-order valence-corrected chi connectivity index (χ4v) is 4.98. The van der Waals surface area contributed by atoms with Gasteiger partial charge in [0.2, 0.25) is 5.16 Å². The minimum atomic E-state index is -1.30. The van der Waals surface area contributed by atoms with Crippen LogP contribution in [0.15, 0.2) is 11.4 Å². The van der Waals surface area contributed by atoms with Crippen LogP contribution in [-0.2, 0) is 22.1 Å². The molecule has 0 N–H and O–H groups in total. The number of hydrogen-bond donors (Lipinski definition) is 0. The summed E-state index contributed by atoms with van der Waals surface area (Å²) < 4.78 is 17.2. The normalized spacial score (nSPS) is 27.3. The molecule has 9 nitrogen and oxygen atoms in total. The van der Waals surface area contributed by atoms with Crippen molar-refractivity contribution in [3.63, 3.8) is 0 Å². The fraction of sp³-hybridized carbons (Fsp3) is 0.684. The van der Waals surface area contributed by atoms with E-state index < -0.39 is 16.4 Å². The van der Waals surface area contributed by atoms with Crippen molar-refractivity contribution in [2.45, 2.75) is 63.0 Å². The second kappa shape index (κ2) is 6.93. The molecule has 0 spiro atoms. The molecule has 1 aromatic rings. The van der Waals surface area contributed by atoms with Gasteiger partial charge >= 0.3 is 12.1 Å². The Hall–Kier alpha value is -2.23. The lowest BCUT2D eigenvalue weighted by Gasteiger charge is -2.42. The largest absolute Gasteiger partial charge is 0.444 e. The minimum Gasteiger partial charge on any atom is -0.444 e. The third kappa shape index (κ3) is 3.58. The molecule has 4 unspecified atom stereocenters. The van der Waals surface area contributed by atoms with Crippen LogP contribution in [-0.4, -0.2) is 73.6 Å². The number of amides is 3. The smallest absolute Gasteiger partial charge is 0.410 e. The van der Waals surface area contributed by atoms with E-state index in [4.69, 9.17) is 4.74 Å². The van der Waals surface area contributed by atoms with Gasteiger partial charge in [-0.1, -0.05) is 0 Å². The summed E-state index contributed by atoms with van der Waals surface area (Å²) in [5.41, 5.74) is 0.322. The van der Waals surface area contributed by atoms with Crippen molar-refractivity contribution in [1.29, 1.82) is 0 Å². The number of likely N-dealkylation sites (tertiary alicyclic amines) is 1. The van der Waals surface area contributed by atoms with E-state index in [0.717, 1.165) is 18.4 Å². The summed E-state index contributed by atoms with van der Waals surface area (Å²) in [5.74, 6) is 0.750. The first-order chi connectivity index (χ1) is 13.5. The Balaban J connectivity index is 1.49. The number of fused-ring (bicyclic) bond motifs is 3. The van der Waals surface area contributed by atoms with Gasteiger partial charge in [-0.15, -0.1) is 0 Å². The van der Waals surface area contributed by atoms with Gasteiger partial charge in [-0.25, -0.2) is 19.6 Å². The molecule has 3 amide bonds. The Morgan fingerprint density at radius 3 is 2.62 bits per heavy atom. The predicted octanol–water partition coefficient (Wildman–Crippen LogP) is 1.98. The van der Waals surface area contributed by atoms with Crippen molar-refractivity contribution in [2.24, 2.45) is 5.92 Å². The van der Waals surface area contributed by atoms with Crippen molar-refractivity contribution in [3.8, 4) is 0 Å². The van der Waals surface area contributed by atoms with Gasteiger partial charge in [0.1, 0.15) is 11.4 Å². The number of nitrogens with zero attached hydrogens (tertiary/aromatic N) is 5. The molecule has 158 valence electrons. The van der Waals surface area contributed by atoms with E-state index in [1.54, 1.807) is 13.2 Å². The molecule has 2 aliphatic heterocycles. The van der Waals surface area contributed by atoms with E-state index >= 15 is 0 Å².